The zero-order chi connectivity index (χ0) is 18.2. The fourth-order valence-electron chi connectivity index (χ4n) is 4.12. The van der Waals surface area contributed by atoms with Crippen LogP contribution in [0.4, 0.5) is 0 Å². The van der Waals surface area contributed by atoms with E-state index in [4.69, 9.17) is 0 Å². The van der Waals surface area contributed by atoms with E-state index < -0.39 is 0 Å². The fourth-order valence-corrected chi connectivity index (χ4v) is 4.12. The fraction of sp³-hybridized carbons (Fsp3) is 0.950. The highest BCUT2D eigenvalue weighted by atomic mass is 127. The first-order valence-electron chi connectivity index (χ1n) is 10.4. The van der Waals surface area contributed by atoms with Gasteiger partial charge in [-0.25, -0.2) is 0 Å². The second kappa shape index (κ2) is 12.4. The molecule has 6 heteroatoms. The first-order chi connectivity index (χ1) is 12.0. The molecule has 2 N–H and O–H groups in total. The second-order valence-corrected chi connectivity index (χ2v) is 8.66. The van der Waals surface area contributed by atoms with Crippen LogP contribution in [-0.4, -0.2) is 75.2 Å². The Morgan fingerprint density at radius 2 is 1.65 bits per heavy atom. The maximum absolute atomic E-state index is 4.44. The molecule has 0 bridgehead atoms. The third-order valence-electron chi connectivity index (χ3n) is 6.06. The van der Waals surface area contributed by atoms with E-state index in [1.807, 2.05) is 7.05 Å². The number of guanidine groups is 1. The molecule has 0 aromatic carbocycles. The van der Waals surface area contributed by atoms with Gasteiger partial charge < -0.3 is 20.4 Å². The van der Waals surface area contributed by atoms with Crippen molar-refractivity contribution in [1.82, 2.24) is 20.4 Å². The molecule has 1 heterocycles. The van der Waals surface area contributed by atoms with Gasteiger partial charge in [0.2, 0.25) is 0 Å². The van der Waals surface area contributed by atoms with Gasteiger partial charge in [-0.2, -0.15) is 0 Å². The molecule has 1 unspecified atom stereocenters. The number of hydrogen-bond acceptors (Lipinski definition) is 3. The lowest BCUT2D eigenvalue weighted by Crippen LogP contribution is -2.49. The van der Waals surface area contributed by atoms with Crippen molar-refractivity contribution in [2.24, 2.45) is 22.7 Å². The average Bonchev–Trinajstić information content (AvgIpc) is 2.61. The predicted molar refractivity (Wildman–Crippen MR) is 124 cm³/mol. The van der Waals surface area contributed by atoms with Crippen molar-refractivity contribution < 1.29 is 0 Å². The maximum Gasteiger partial charge on any atom is 0.191 e. The minimum atomic E-state index is 0. The van der Waals surface area contributed by atoms with Crippen molar-refractivity contribution >= 4 is 29.9 Å². The topological polar surface area (TPSA) is 42.9 Å². The van der Waals surface area contributed by atoms with Gasteiger partial charge in [-0.05, 0) is 50.5 Å². The van der Waals surface area contributed by atoms with Crippen molar-refractivity contribution in [2.75, 3.05) is 53.4 Å². The zero-order valence-electron chi connectivity index (χ0n) is 17.6. The average molecular weight is 479 g/mol. The minimum Gasteiger partial charge on any atom is -0.356 e. The highest BCUT2D eigenvalue weighted by Gasteiger charge is 2.24. The van der Waals surface area contributed by atoms with Gasteiger partial charge in [0.15, 0.2) is 5.96 Å². The molecule has 0 radical (unpaired) electrons. The molecule has 154 valence electrons. The summed E-state index contributed by atoms with van der Waals surface area (Å²) in [7, 11) is 4.10. The smallest absolute Gasteiger partial charge is 0.191 e. The molecule has 5 nitrogen and oxygen atoms in total. The summed E-state index contributed by atoms with van der Waals surface area (Å²) in [5, 5.41) is 7.20. The molecule has 0 amide bonds. The Bertz CT molecular complexity index is 399. The van der Waals surface area contributed by atoms with Gasteiger partial charge in [0.05, 0.1) is 0 Å². The summed E-state index contributed by atoms with van der Waals surface area (Å²) in [6, 6.07) is 0.592. The van der Waals surface area contributed by atoms with E-state index in [2.05, 4.69) is 53.2 Å². The summed E-state index contributed by atoms with van der Waals surface area (Å²) >= 11 is 0. The highest BCUT2D eigenvalue weighted by molar-refractivity contribution is 14.0. The van der Waals surface area contributed by atoms with Crippen molar-refractivity contribution in [1.29, 1.82) is 0 Å². The van der Waals surface area contributed by atoms with Gasteiger partial charge >= 0.3 is 0 Å². The number of aliphatic imine (C=N–C) groups is 1. The molecule has 2 fully saturated rings. The van der Waals surface area contributed by atoms with Gasteiger partial charge in [0, 0.05) is 52.4 Å². The van der Waals surface area contributed by atoms with Crippen molar-refractivity contribution in [2.45, 2.75) is 52.5 Å². The molecule has 0 aromatic rings. The zero-order valence-corrected chi connectivity index (χ0v) is 20.0. The molecule has 1 atom stereocenters. The van der Waals surface area contributed by atoms with Crippen molar-refractivity contribution in [3.05, 3.63) is 0 Å². The highest BCUT2D eigenvalue weighted by Crippen LogP contribution is 2.29. The summed E-state index contributed by atoms with van der Waals surface area (Å²) in [5.74, 6) is 3.36. The molecule has 0 spiro atoms. The van der Waals surface area contributed by atoms with Crippen LogP contribution in [-0.2, 0) is 0 Å². The maximum atomic E-state index is 4.44. The summed E-state index contributed by atoms with van der Waals surface area (Å²) in [6.07, 6.45) is 5.26. The Morgan fingerprint density at radius 1 is 1.04 bits per heavy atom. The Balaban J connectivity index is 0.00000338. The summed E-state index contributed by atoms with van der Waals surface area (Å²) in [4.78, 5) is 9.45. The van der Waals surface area contributed by atoms with Crippen molar-refractivity contribution in [3.63, 3.8) is 0 Å². The van der Waals surface area contributed by atoms with Gasteiger partial charge in [-0.3, -0.25) is 4.99 Å². The Kier molecular flexibility index (Phi) is 11.4. The lowest BCUT2D eigenvalue weighted by molar-refractivity contribution is 0.139. The first kappa shape index (κ1) is 24.0. The van der Waals surface area contributed by atoms with E-state index in [0.29, 0.717) is 12.0 Å². The predicted octanol–water partition coefficient (Wildman–Crippen LogP) is 2.87. The Morgan fingerprint density at radius 3 is 2.19 bits per heavy atom. The Labute approximate surface area is 178 Å². The molecule has 1 saturated carbocycles. The summed E-state index contributed by atoms with van der Waals surface area (Å²) in [6.45, 7) is 14.0. The van der Waals surface area contributed by atoms with E-state index in [1.165, 1.54) is 58.4 Å². The van der Waals surface area contributed by atoms with E-state index in [9.17, 15) is 0 Å². The van der Waals surface area contributed by atoms with Crippen LogP contribution in [0.1, 0.15) is 46.5 Å². The van der Waals surface area contributed by atoms with Crippen LogP contribution >= 0.6 is 24.0 Å². The van der Waals surface area contributed by atoms with E-state index in [0.717, 1.165) is 24.3 Å². The van der Waals surface area contributed by atoms with Gasteiger partial charge in [-0.1, -0.05) is 20.8 Å². The monoisotopic (exact) mass is 479 g/mol. The van der Waals surface area contributed by atoms with Crippen LogP contribution in [0.25, 0.3) is 0 Å². The molecule has 26 heavy (non-hydrogen) atoms. The van der Waals surface area contributed by atoms with Gasteiger partial charge in [-0.15, -0.1) is 24.0 Å². The molecule has 0 aromatic heterocycles. The lowest BCUT2D eigenvalue weighted by atomic mass is 9.80. The lowest BCUT2D eigenvalue weighted by Gasteiger charge is -2.34. The van der Waals surface area contributed by atoms with E-state index >= 15 is 0 Å². The molecule has 1 saturated heterocycles. The van der Waals surface area contributed by atoms with Crippen LogP contribution in [0.15, 0.2) is 4.99 Å². The molecular weight excluding hydrogens is 437 g/mol. The van der Waals surface area contributed by atoms with Crippen LogP contribution in [0.2, 0.25) is 0 Å². The quantitative estimate of drug-likeness (QED) is 0.350. The van der Waals surface area contributed by atoms with Crippen LogP contribution < -0.4 is 10.6 Å². The largest absolute Gasteiger partial charge is 0.356 e. The summed E-state index contributed by atoms with van der Waals surface area (Å²) < 4.78 is 0. The number of nitrogens with zero attached hydrogens (tertiary/aromatic N) is 3. The molecule has 2 aliphatic rings. The number of rotatable bonds is 6. The third-order valence-corrected chi connectivity index (χ3v) is 6.06. The number of piperazine rings is 1. The number of nitrogens with one attached hydrogen (secondary N) is 2. The van der Waals surface area contributed by atoms with Gasteiger partial charge in [0.25, 0.3) is 0 Å². The first-order valence-corrected chi connectivity index (χ1v) is 10.4. The molecule has 1 aliphatic carbocycles. The minimum absolute atomic E-state index is 0. The number of likely N-dealkylation sites (N-methyl/N-ethyl adjacent to an activating group) is 1. The second-order valence-electron chi connectivity index (χ2n) is 8.66. The van der Waals surface area contributed by atoms with Crippen molar-refractivity contribution in [3.8, 4) is 0 Å². The third kappa shape index (κ3) is 8.30. The van der Waals surface area contributed by atoms with Crippen LogP contribution in [0, 0.1) is 17.8 Å². The van der Waals surface area contributed by atoms with Gasteiger partial charge in [0.1, 0.15) is 0 Å². The van der Waals surface area contributed by atoms with Crippen LogP contribution in [0.3, 0.4) is 0 Å². The van der Waals surface area contributed by atoms with E-state index in [1.54, 1.807) is 0 Å². The number of halogens is 1. The van der Waals surface area contributed by atoms with E-state index in [-0.39, 0.29) is 24.0 Å². The molecular formula is C20H42IN5. The van der Waals surface area contributed by atoms with Crippen LogP contribution in [0.5, 0.6) is 0 Å². The SMILES string of the molecule is CN=C(NCC(C)CN1CCN(C)CC1)NC1CCC(C(C)C)CC1.I. The molecule has 2 rings (SSSR count). The Hall–Kier alpha value is -0.0800. The molecule has 1 aliphatic heterocycles. The normalized spacial score (nSPS) is 27.1. The standard InChI is InChI=1S/C20H41N5.HI/c1-16(2)18-6-8-19(9-7-18)23-20(21-4)22-14-17(3)15-25-12-10-24(5)11-13-25;/h16-19H,6-15H2,1-5H3,(H2,21,22,23);1H. The summed E-state index contributed by atoms with van der Waals surface area (Å²) in [5.41, 5.74) is 0. The number of hydrogen-bond donors (Lipinski definition) is 2.